The van der Waals surface area contributed by atoms with Gasteiger partial charge in [0.15, 0.2) is 0 Å². The molecule has 6 nitrogen and oxygen atoms in total. The Morgan fingerprint density at radius 2 is 1.75 bits per heavy atom. The van der Waals surface area contributed by atoms with E-state index in [0.717, 1.165) is 38.9 Å². The number of carbonyl (C=O) groups excluding carboxylic acids is 2. The molecule has 2 saturated heterocycles. The molecule has 0 unspecified atom stereocenters. The fraction of sp³-hybridized carbons (Fsp3) is 0.636. The molecule has 1 aromatic rings. The molecular formula is C22H33N3O3. The van der Waals surface area contributed by atoms with Crippen LogP contribution in [0.3, 0.4) is 0 Å². The van der Waals surface area contributed by atoms with Crippen LogP contribution in [0.4, 0.5) is 4.79 Å². The first-order valence-corrected chi connectivity index (χ1v) is 10.4. The SMILES string of the molecule is CC(C)(C)OC(=O)N1CCC[C@H]1C(=O)NC1CCN(Cc2ccccc2)CC1. The topological polar surface area (TPSA) is 61.9 Å². The highest BCUT2D eigenvalue weighted by molar-refractivity contribution is 5.86. The molecule has 2 aliphatic heterocycles. The number of carbonyl (C=O) groups is 2. The third-order valence-corrected chi connectivity index (χ3v) is 5.37. The molecule has 2 fully saturated rings. The smallest absolute Gasteiger partial charge is 0.410 e. The number of amides is 2. The average molecular weight is 388 g/mol. The van der Waals surface area contributed by atoms with Gasteiger partial charge in [-0.05, 0) is 52.0 Å². The number of hydrogen-bond acceptors (Lipinski definition) is 4. The van der Waals surface area contributed by atoms with Crippen LogP contribution in [0.15, 0.2) is 30.3 Å². The van der Waals surface area contributed by atoms with Gasteiger partial charge in [-0.15, -0.1) is 0 Å². The van der Waals surface area contributed by atoms with Gasteiger partial charge in [-0.1, -0.05) is 30.3 Å². The summed E-state index contributed by atoms with van der Waals surface area (Å²) in [6.45, 7) is 9.03. The molecule has 0 radical (unpaired) electrons. The number of hydrogen-bond donors (Lipinski definition) is 1. The number of rotatable bonds is 4. The lowest BCUT2D eigenvalue weighted by molar-refractivity contribution is -0.126. The molecule has 154 valence electrons. The van der Waals surface area contributed by atoms with Crippen LogP contribution in [0.2, 0.25) is 0 Å². The molecule has 6 heteroatoms. The Balaban J connectivity index is 1.46. The standard InChI is InChI=1S/C22H33N3O3/c1-22(2,3)28-21(27)25-13-7-10-19(25)20(26)23-18-11-14-24(15-12-18)16-17-8-5-4-6-9-17/h4-6,8-9,18-19H,7,10-16H2,1-3H3,(H,23,26)/t19-/m0/s1. The van der Waals surface area contributed by atoms with E-state index in [-0.39, 0.29) is 18.0 Å². The van der Waals surface area contributed by atoms with Gasteiger partial charge in [-0.3, -0.25) is 14.6 Å². The van der Waals surface area contributed by atoms with Crippen LogP contribution in [0.5, 0.6) is 0 Å². The number of nitrogens with zero attached hydrogens (tertiary/aromatic N) is 2. The van der Waals surface area contributed by atoms with Crippen molar-refractivity contribution in [3.63, 3.8) is 0 Å². The summed E-state index contributed by atoms with van der Waals surface area (Å²) in [6, 6.07) is 10.3. The van der Waals surface area contributed by atoms with Gasteiger partial charge in [-0.25, -0.2) is 4.79 Å². The van der Waals surface area contributed by atoms with Crippen LogP contribution >= 0.6 is 0 Å². The van der Waals surface area contributed by atoms with Crippen LogP contribution in [0, 0.1) is 0 Å². The van der Waals surface area contributed by atoms with Crippen molar-refractivity contribution < 1.29 is 14.3 Å². The molecule has 0 aliphatic carbocycles. The lowest BCUT2D eigenvalue weighted by Crippen LogP contribution is -2.52. The molecule has 2 heterocycles. The normalized spacial score (nSPS) is 21.5. The molecule has 0 spiro atoms. The van der Waals surface area contributed by atoms with Gasteiger partial charge in [0.1, 0.15) is 11.6 Å². The van der Waals surface area contributed by atoms with E-state index < -0.39 is 11.6 Å². The number of benzene rings is 1. The Bertz CT molecular complexity index is 663. The molecule has 0 bridgehead atoms. The summed E-state index contributed by atoms with van der Waals surface area (Å²) in [7, 11) is 0. The fourth-order valence-corrected chi connectivity index (χ4v) is 3.95. The van der Waals surface area contributed by atoms with Crippen LogP contribution in [-0.4, -0.2) is 59.1 Å². The van der Waals surface area contributed by atoms with Crippen molar-refractivity contribution in [2.24, 2.45) is 0 Å². The Morgan fingerprint density at radius 1 is 1.07 bits per heavy atom. The van der Waals surface area contributed by atoms with Crippen molar-refractivity contribution >= 4 is 12.0 Å². The number of piperidine rings is 1. The number of likely N-dealkylation sites (tertiary alicyclic amines) is 2. The van der Waals surface area contributed by atoms with Gasteiger partial charge in [0.2, 0.25) is 5.91 Å². The fourth-order valence-electron chi connectivity index (χ4n) is 3.95. The molecule has 1 atom stereocenters. The highest BCUT2D eigenvalue weighted by Gasteiger charge is 2.37. The highest BCUT2D eigenvalue weighted by Crippen LogP contribution is 2.22. The number of nitrogens with one attached hydrogen (secondary N) is 1. The van der Waals surface area contributed by atoms with Gasteiger partial charge in [0.05, 0.1) is 0 Å². The van der Waals surface area contributed by atoms with Crippen molar-refractivity contribution in [1.29, 1.82) is 0 Å². The first-order valence-electron chi connectivity index (χ1n) is 10.4. The summed E-state index contributed by atoms with van der Waals surface area (Å²) in [6.07, 6.45) is 3.04. The second-order valence-corrected chi connectivity index (χ2v) is 8.88. The molecule has 1 N–H and O–H groups in total. The van der Waals surface area contributed by atoms with Crippen LogP contribution in [-0.2, 0) is 16.1 Å². The minimum Gasteiger partial charge on any atom is -0.444 e. The molecule has 0 saturated carbocycles. The van der Waals surface area contributed by atoms with Gasteiger partial charge < -0.3 is 10.1 Å². The summed E-state index contributed by atoms with van der Waals surface area (Å²) in [4.78, 5) is 29.2. The van der Waals surface area contributed by atoms with E-state index in [1.165, 1.54) is 5.56 Å². The highest BCUT2D eigenvalue weighted by atomic mass is 16.6. The maximum Gasteiger partial charge on any atom is 0.410 e. The first kappa shape index (κ1) is 20.6. The molecule has 2 aliphatic rings. The van der Waals surface area contributed by atoms with Gasteiger partial charge in [-0.2, -0.15) is 0 Å². The van der Waals surface area contributed by atoms with Gasteiger partial charge in [0, 0.05) is 32.2 Å². The second kappa shape index (κ2) is 8.95. The van der Waals surface area contributed by atoms with Crippen molar-refractivity contribution in [3.05, 3.63) is 35.9 Å². The Morgan fingerprint density at radius 3 is 2.39 bits per heavy atom. The van der Waals surface area contributed by atoms with Crippen molar-refractivity contribution in [2.45, 2.75) is 70.7 Å². The summed E-state index contributed by atoms with van der Waals surface area (Å²) in [5.74, 6) is -0.0372. The first-order chi connectivity index (χ1) is 13.3. The second-order valence-electron chi connectivity index (χ2n) is 8.88. The largest absolute Gasteiger partial charge is 0.444 e. The van der Waals surface area contributed by atoms with E-state index in [4.69, 9.17) is 4.74 Å². The Hall–Kier alpha value is -2.08. The third-order valence-electron chi connectivity index (χ3n) is 5.37. The zero-order valence-electron chi connectivity index (χ0n) is 17.3. The molecule has 3 rings (SSSR count). The van der Waals surface area contributed by atoms with Crippen molar-refractivity contribution in [3.8, 4) is 0 Å². The van der Waals surface area contributed by atoms with E-state index in [1.807, 2.05) is 26.8 Å². The predicted octanol–water partition coefficient (Wildman–Crippen LogP) is 3.17. The van der Waals surface area contributed by atoms with Crippen molar-refractivity contribution in [2.75, 3.05) is 19.6 Å². The van der Waals surface area contributed by atoms with Gasteiger partial charge >= 0.3 is 6.09 Å². The maximum atomic E-state index is 12.8. The molecule has 28 heavy (non-hydrogen) atoms. The monoisotopic (exact) mass is 387 g/mol. The van der Waals surface area contributed by atoms with Crippen molar-refractivity contribution in [1.82, 2.24) is 15.1 Å². The Labute approximate surface area is 168 Å². The zero-order chi connectivity index (χ0) is 20.1. The molecule has 0 aromatic heterocycles. The average Bonchev–Trinajstić information content (AvgIpc) is 3.13. The summed E-state index contributed by atoms with van der Waals surface area (Å²) < 4.78 is 5.46. The minimum absolute atomic E-state index is 0.0372. The summed E-state index contributed by atoms with van der Waals surface area (Å²) >= 11 is 0. The van der Waals surface area contributed by atoms with Gasteiger partial charge in [0.25, 0.3) is 0 Å². The van der Waals surface area contributed by atoms with Crippen LogP contribution < -0.4 is 5.32 Å². The third kappa shape index (κ3) is 5.71. The van der Waals surface area contributed by atoms with E-state index in [0.29, 0.717) is 13.0 Å². The lowest BCUT2D eigenvalue weighted by Gasteiger charge is -2.34. The zero-order valence-corrected chi connectivity index (χ0v) is 17.3. The Kier molecular flexibility index (Phi) is 6.60. The lowest BCUT2D eigenvalue weighted by atomic mass is 10.0. The van der Waals surface area contributed by atoms with Crippen LogP contribution in [0.25, 0.3) is 0 Å². The van der Waals surface area contributed by atoms with E-state index in [1.54, 1.807) is 4.90 Å². The van der Waals surface area contributed by atoms with E-state index in [9.17, 15) is 9.59 Å². The molecular weight excluding hydrogens is 354 g/mol. The summed E-state index contributed by atoms with van der Waals surface area (Å²) in [5.41, 5.74) is 0.774. The van der Waals surface area contributed by atoms with Crippen LogP contribution in [0.1, 0.15) is 52.0 Å². The number of ether oxygens (including phenoxy) is 1. The quantitative estimate of drug-likeness (QED) is 0.862. The molecule has 1 aromatic carbocycles. The molecule has 2 amide bonds. The summed E-state index contributed by atoms with van der Waals surface area (Å²) in [5, 5.41) is 3.18. The van der Waals surface area contributed by atoms with E-state index in [2.05, 4.69) is 34.5 Å². The van der Waals surface area contributed by atoms with E-state index >= 15 is 0 Å². The predicted molar refractivity (Wildman–Crippen MR) is 109 cm³/mol. The minimum atomic E-state index is -0.549. The maximum absolute atomic E-state index is 12.8.